The zero-order valence-corrected chi connectivity index (χ0v) is 19.3. The number of rotatable bonds is 12. The highest BCUT2D eigenvalue weighted by atomic mass is 32.2. The van der Waals surface area contributed by atoms with E-state index < -0.39 is 15.9 Å². The molecule has 0 aliphatic carbocycles. The minimum absolute atomic E-state index is 0.0877. The number of sulfonamides is 1. The van der Waals surface area contributed by atoms with Gasteiger partial charge in [-0.25, -0.2) is 8.42 Å². The molecule has 0 aromatic heterocycles. The molecule has 2 N–H and O–H groups in total. The van der Waals surface area contributed by atoms with Gasteiger partial charge in [0.05, 0.1) is 24.1 Å². The average molecular weight is 450 g/mol. The van der Waals surface area contributed by atoms with E-state index in [0.29, 0.717) is 23.8 Å². The summed E-state index contributed by atoms with van der Waals surface area (Å²) in [5.41, 5.74) is 0.960. The molecular formula is C22H31N3O5S. The summed E-state index contributed by atoms with van der Waals surface area (Å²) in [6, 6.07) is 11.6. The van der Waals surface area contributed by atoms with Gasteiger partial charge in [0.1, 0.15) is 6.61 Å². The summed E-state index contributed by atoms with van der Waals surface area (Å²) in [7, 11) is -1.95. The van der Waals surface area contributed by atoms with E-state index in [4.69, 9.17) is 9.47 Å². The van der Waals surface area contributed by atoms with Gasteiger partial charge in [0, 0.05) is 18.3 Å². The van der Waals surface area contributed by atoms with Crippen molar-refractivity contribution in [2.45, 2.75) is 20.8 Å². The molecule has 0 unspecified atom stereocenters. The molecule has 9 heteroatoms. The van der Waals surface area contributed by atoms with Crippen LogP contribution in [0.5, 0.6) is 11.5 Å². The Morgan fingerprint density at radius 2 is 1.74 bits per heavy atom. The normalized spacial score (nSPS) is 11.3. The van der Waals surface area contributed by atoms with Crippen molar-refractivity contribution in [3.8, 4) is 11.5 Å². The molecule has 0 saturated heterocycles. The molecule has 170 valence electrons. The molecule has 0 aliphatic rings. The Labute approximate surface area is 184 Å². The second kappa shape index (κ2) is 11.6. The first kappa shape index (κ1) is 24.5. The molecule has 0 bridgehead atoms. The number of nitrogens with zero attached hydrogens (tertiary/aromatic N) is 1. The molecule has 8 nitrogen and oxygen atoms in total. The van der Waals surface area contributed by atoms with E-state index in [1.807, 2.05) is 0 Å². The zero-order valence-electron chi connectivity index (χ0n) is 18.5. The van der Waals surface area contributed by atoms with Crippen LogP contribution in [-0.4, -0.2) is 58.3 Å². The van der Waals surface area contributed by atoms with E-state index in [2.05, 4.69) is 28.8 Å². The van der Waals surface area contributed by atoms with Crippen LogP contribution in [0.1, 0.15) is 31.1 Å². The van der Waals surface area contributed by atoms with Crippen molar-refractivity contribution in [3.63, 3.8) is 0 Å². The molecule has 1 amide bonds. The van der Waals surface area contributed by atoms with Crippen LogP contribution in [0, 0.1) is 0 Å². The maximum absolute atomic E-state index is 12.8. The van der Waals surface area contributed by atoms with Crippen LogP contribution in [0.25, 0.3) is 0 Å². The molecule has 2 aromatic rings. The van der Waals surface area contributed by atoms with Gasteiger partial charge in [0.2, 0.25) is 10.0 Å². The van der Waals surface area contributed by atoms with E-state index in [0.717, 1.165) is 19.6 Å². The third-order valence-electron chi connectivity index (χ3n) is 4.80. The fraction of sp³-hybridized carbons (Fsp3) is 0.409. The van der Waals surface area contributed by atoms with E-state index in [9.17, 15) is 13.2 Å². The Bertz CT molecular complexity index is 975. The van der Waals surface area contributed by atoms with E-state index in [-0.39, 0.29) is 17.0 Å². The highest BCUT2D eigenvalue weighted by molar-refractivity contribution is 7.92. The number of nitrogens with one attached hydrogen (secondary N) is 2. The van der Waals surface area contributed by atoms with Crippen LogP contribution < -0.4 is 19.5 Å². The van der Waals surface area contributed by atoms with Crippen molar-refractivity contribution in [2.75, 3.05) is 49.1 Å². The lowest BCUT2D eigenvalue weighted by atomic mass is 10.1. The van der Waals surface area contributed by atoms with E-state index in [1.165, 1.54) is 6.92 Å². The lowest BCUT2D eigenvalue weighted by Gasteiger charge is -2.19. The van der Waals surface area contributed by atoms with Crippen molar-refractivity contribution in [1.82, 2.24) is 4.90 Å². The molecule has 2 aromatic carbocycles. The Morgan fingerprint density at radius 3 is 2.39 bits per heavy atom. The number of carbonyl (C=O) groups excluding carboxylic acids is 1. The van der Waals surface area contributed by atoms with Crippen molar-refractivity contribution in [1.29, 1.82) is 0 Å². The molecule has 0 atom stereocenters. The third kappa shape index (κ3) is 7.15. The maximum atomic E-state index is 12.8. The monoisotopic (exact) mass is 449 g/mol. The highest BCUT2D eigenvalue weighted by Gasteiger charge is 2.16. The molecule has 0 saturated carbocycles. The smallest absolute Gasteiger partial charge is 0.257 e. The van der Waals surface area contributed by atoms with Crippen molar-refractivity contribution >= 4 is 27.3 Å². The largest absolute Gasteiger partial charge is 0.493 e. The number of likely N-dealkylation sites (N-methyl/N-ethyl adjacent to an activating group) is 1. The van der Waals surface area contributed by atoms with E-state index >= 15 is 0 Å². The minimum atomic E-state index is -3.51. The number of carbonyl (C=O) groups is 1. The Morgan fingerprint density at radius 1 is 1.03 bits per heavy atom. The van der Waals surface area contributed by atoms with Crippen LogP contribution >= 0.6 is 0 Å². The Hall–Kier alpha value is -2.78. The van der Waals surface area contributed by atoms with Gasteiger partial charge in [-0.05, 0) is 44.3 Å². The number of methoxy groups -OCH3 is 1. The second-order valence-corrected chi connectivity index (χ2v) is 8.76. The fourth-order valence-electron chi connectivity index (χ4n) is 2.90. The Kier molecular flexibility index (Phi) is 9.14. The van der Waals surface area contributed by atoms with Gasteiger partial charge in [0.15, 0.2) is 11.5 Å². The number of benzene rings is 2. The Balaban J connectivity index is 2.17. The van der Waals surface area contributed by atoms with Gasteiger partial charge in [-0.15, -0.1) is 0 Å². The van der Waals surface area contributed by atoms with Crippen LogP contribution in [0.2, 0.25) is 0 Å². The predicted molar refractivity (Wildman–Crippen MR) is 124 cm³/mol. The number of ether oxygens (including phenoxy) is 2. The summed E-state index contributed by atoms with van der Waals surface area (Å²) >= 11 is 0. The number of para-hydroxylation sites is 1. The molecule has 0 radical (unpaired) electrons. The predicted octanol–water partition coefficient (Wildman–Crippen LogP) is 3.43. The van der Waals surface area contributed by atoms with Gasteiger partial charge in [-0.1, -0.05) is 26.0 Å². The number of hydrogen-bond donors (Lipinski definition) is 2. The maximum Gasteiger partial charge on any atom is 0.257 e. The topological polar surface area (TPSA) is 97.0 Å². The molecule has 31 heavy (non-hydrogen) atoms. The standard InChI is InChI=1S/C22H31N3O5S/c1-5-25(6-2)14-15-30-21-16-17(12-13-20(21)29-4)23-22(26)18-10-8-9-11-19(18)24-31(27,28)7-3/h8-13,16,24H,5-7,14-15H2,1-4H3,(H,23,26). The van der Waals surface area contributed by atoms with E-state index in [1.54, 1.807) is 49.6 Å². The minimum Gasteiger partial charge on any atom is -0.493 e. The van der Waals surface area contributed by atoms with Crippen LogP contribution in [0.3, 0.4) is 0 Å². The highest BCUT2D eigenvalue weighted by Crippen LogP contribution is 2.31. The summed E-state index contributed by atoms with van der Waals surface area (Å²) in [5, 5.41) is 2.80. The summed E-state index contributed by atoms with van der Waals surface area (Å²) in [6.07, 6.45) is 0. The fourth-order valence-corrected chi connectivity index (χ4v) is 3.56. The summed E-state index contributed by atoms with van der Waals surface area (Å²) in [6.45, 7) is 8.86. The summed E-state index contributed by atoms with van der Waals surface area (Å²) < 4.78 is 37.6. The van der Waals surface area contributed by atoms with Crippen LogP contribution in [0.15, 0.2) is 42.5 Å². The molecule has 0 spiro atoms. The molecular weight excluding hydrogens is 418 g/mol. The zero-order chi connectivity index (χ0) is 22.9. The summed E-state index contributed by atoms with van der Waals surface area (Å²) in [5.74, 6) is 0.560. The second-order valence-electron chi connectivity index (χ2n) is 6.75. The first-order chi connectivity index (χ1) is 14.8. The van der Waals surface area contributed by atoms with Crippen LogP contribution in [-0.2, 0) is 10.0 Å². The van der Waals surface area contributed by atoms with Gasteiger partial charge in [-0.2, -0.15) is 0 Å². The van der Waals surface area contributed by atoms with Gasteiger partial charge < -0.3 is 19.7 Å². The molecule has 2 rings (SSSR count). The lowest BCUT2D eigenvalue weighted by Crippen LogP contribution is -2.28. The summed E-state index contributed by atoms with van der Waals surface area (Å²) in [4.78, 5) is 15.1. The number of hydrogen-bond acceptors (Lipinski definition) is 6. The van der Waals surface area contributed by atoms with Gasteiger partial charge in [-0.3, -0.25) is 9.52 Å². The van der Waals surface area contributed by atoms with Crippen molar-refractivity contribution in [2.24, 2.45) is 0 Å². The first-order valence-electron chi connectivity index (χ1n) is 10.3. The quantitative estimate of drug-likeness (QED) is 0.515. The first-order valence-corrected chi connectivity index (χ1v) is 11.9. The number of anilines is 2. The molecule has 0 aliphatic heterocycles. The average Bonchev–Trinajstić information content (AvgIpc) is 2.77. The number of amides is 1. The molecule has 0 fully saturated rings. The van der Waals surface area contributed by atoms with Crippen molar-refractivity contribution < 1.29 is 22.7 Å². The lowest BCUT2D eigenvalue weighted by molar-refractivity contribution is 0.102. The van der Waals surface area contributed by atoms with Gasteiger partial charge >= 0.3 is 0 Å². The SMILES string of the molecule is CCN(CC)CCOc1cc(NC(=O)c2ccccc2NS(=O)(=O)CC)ccc1OC. The van der Waals surface area contributed by atoms with Gasteiger partial charge in [0.25, 0.3) is 5.91 Å². The third-order valence-corrected chi connectivity index (χ3v) is 6.09. The molecule has 0 heterocycles. The van der Waals surface area contributed by atoms with Crippen LogP contribution in [0.4, 0.5) is 11.4 Å². The van der Waals surface area contributed by atoms with Crippen molar-refractivity contribution in [3.05, 3.63) is 48.0 Å².